The highest BCUT2D eigenvalue weighted by molar-refractivity contribution is 5.79. The summed E-state index contributed by atoms with van der Waals surface area (Å²) in [6.07, 6.45) is 1.34. The van der Waals surface area contributed by atoms with Crippen molar-refractivity contribution in [1.82, 2.24) is 20.4 Å². The van der Waals surface area contributed by atoms with Gasteiger partial charge in [0.15, 0.2) is 5.96 Å². The fourth-order valence-corrected chi connectivity index (χ4v) is 2.69. The van der Waals surface area contributed by atoms with Crippen LogP contribution in [0.2, 0.25) is 0 Å². The molecule has 2 rings (SSSR count). The molecular weight excluding hydrogens is 336 g/mol. The van der Waals surface area contributed by atoms with E-state index in [-0.39, 0.29) is 0 Å². The third-order valence-electron chi connectivity index (χ3n) is 3.95. The second kappa shape index (κ2) is 9.89. The molecule has 142 valence electrons. The topological polar surface area (TPSA) is 54.2 Å². The maximum atomic E-state index is 13.6. The Hall–Kier alpha value is -2.44. The van der Waals surface area contributed by atoms with Gasteiger partial charge in [0.2, 0.25) is 0 Å². The Bertz CT molecular complexity index is 740. The van der Waals surface area contributed by atoms with Gasteiger partial charge in [0.1, 0.15) is 11.6 Å². The van der Waals surface area contributed by atoms with Gasteiger partial charge in [0.25, 0.3) is 0 Å². The summed E-state index contributed by atoms with van der Waals surface area (Å²) in [4.78, 5) is 4.53. The van der Waals surface area contributed by atoms with Gasteiger partial charge < -0.3 is 10.6 Å². The number of rotatable bonds is 8. The summed E-state index contributed by atoms with van der Waals surface area (Å²) < 4.78 is 28.6. The average molecular weight is 363 g/mol. The Morgan fingerprint density at radius 2 is 2.00 bits per heavy atom. The molecule has 0 spiro atoms. The van der Waals surface area contributed by atoms with Crippen molar-refractivity contribution in [3.05, 3.63) is 52.9 Å². The zero-order chi connectivity index (χ0) is 18.9. The predicted molar refractivity (Wildman–Crippen MR) is 100 cm³/mol. The fraction of sp³-hybridized carbons (Fsp3) is 0.474. The third kappa shape index (κ3) is 6.13. The highest BCUT2D eigenvalue weighted by atomic mass is 19.1. The monoisotopic (exact) mass is 363 g/mol. The molecule has 1 heterocycles. The van der Waals surface area contributed by atoms with Crippen molar-refractivity contribution in [2.24, 2.45) is 4.99 Å². The molecule has 26 heavy (non-hydrogen) atoms. The molecule has 0 bridgehead atoms. The van der Waals surface area contributed by atoms with Gasteiger partial charge in [-0.15, -0.1) is 0 Å². The lowest BCUT2D eigenvalue weighted by molar-refractivity contribution is 0.566. The first kappa shape index (κ1) is 19.9. The van der Waals surface area contributed by atoms with Crippen molar-refractivity contribution in [3.8, 4) is 0 Å². The van der Waals surface area contributed by atoms with Crippen LogP contribution >= 0.6 is 0 Å². The van der Waals surface area contributed by atoms with Gasteiger partial charge in [-0.1, -0.05) is 6.07 Å². The molecule has 1 aromatic carbocycles. The smallest absolute Gasteiger partial charge is 0.191 e. The summed E-state index contributed by atoms with van der Waals surface area (Å²) in [5, 5.41) is 10.8. The number of guanidine groups is 1. The second-order valence-electron chi connectivity index (χ2n) is 6.18. The van der Waals surface area contributed by atoms with Crippen LogP contribution in [0.1, 0.15) is 30.3 Å². The van der Waals surface area contributed by atoms with Crippen LogP contribution in [0.15, 0.2) is 29.3 Å². The van der Waals surface area contributed by atoms with E-state index in [4.69, 9.17) is 0 Å². The van der Waals surface area contributed by atoms with Crippen molar-refractivity contribution in [3.63, 3.8) is 0 Å². The Balaban J connectivity index is 1.79. The zero-order valence-electron chi connectivity index (χ0n) is 15.6. The number of halogens is 2. The van der Waals surface area contributed by atoms with E-state index in [1.807, 2.05) is 25.5 Å². The van der Waals surface area contributed by atoms with E-state index in [0.717, 1.165) is 37.0 Å². The SMILES string of the molecule is CCNC(=NCCCn1nc(C)cc1C)NCCc1ccc(F)cc1F. The highest BCUT2D eigenvalue weighted by Gasteiger charge is 2.05. The quantitative estimate of drug-likeness (QED) is 0.431. The Morgan fingerprint density at radius 3 is 2.65 bits per heavy atom. The summed E-state index contributed by atoms with van der Waals surface area (Å²) in [5.74, 6) is -0.376. The molecule has 2 aromatic rings. The normalized spacial score (nSPS) is 11.7. The van der Waals surface area contributed by atoms with Crippen LogP contribution in [0, 0.1) is 25.5 Å². The van der Waals surface area contributed by atoms with Crippen LogP contribution in [-0.2, 0) is 13.0 Å². The van der Waals surface area contributed by atoms with Crippen LogP contribution in [0.25, 0.3) is 0 Å². The number of aromatic nitrogens is 2. The van der Waals surface area contributed by atoms with Gasteiger partial charge in [0, 0.05) is 37.9 Å². The fourth-order valence-electron chi connectivity index (χ4n) is 2.69. The molecule has 0 unspecified atom stereocenters. The van der Waals surface area contributed by atoms with E-state index >= 15 is 0 Å². The lowest BCUT2D eigenvalue weighted by Gasteiger charge is -2.12. The van der Waals surface area contributed by atoms with E-state index in [0.29, 0.717) is 31.0 Å². The third-order valence-corrected chi connectivity index (χ3v) is 3.95. The molecule has 0 aliphatic heterocycles. The van der Waals surface area contributed by atoms with Gasteiger partial charge in [-0.25, -0.2) is 8.78 Å². The first-order chi connectivity index (χ1) is 12.5. The average Bonchev–Trinajstić information content (AvgIpc) is 2.91. The molecule has 0 atom stereocenters. The number of aryl methyl sites for hydroxylation is 3. The number of hydrogen-bond acceptors (Lipinski definition) is 2. The van der Waals surface area contributed by atoms with Crippen molar-refractivity contribution < 1.29 is 8.78 Å². The minimum Gasteiger partial charge on any atom is -0.357 e. The maximum Gasteiger partial charge on any atom is 0.191 e. The molecule has 5 nitrogen and oxygen atoms in total. The molecule has 2 N–H and O–H groups in total. The van der Waals surface area contributed by atoms with Gasteiger partial charge >= 0.3 is 0 Å². The van der Waals surface area contributed by atoms with E-state index in [9.17, 15) is 8.78 Å². The highest BCUT2D eigenvalue weighted by Crippen LogP contribution is 2.09. The molecule has 0 aliphatic rings. The van der Waals surface area contributed by atoms with Crippen LogP contribution in [-0.4, -0.2) is 35.4 Å². The molecule has 0 aliphatic carbocycles. The summed E-state index contributed by atoms with van der Waals surface area (Å²) in [7, 11) is 0. The lowest BCUT2D eigenvalue weighted by atomic mass is 10.1. The lowest BCUT2D eigenvalue weighted by Crippen LogP contribution is -2.38. The van der Waals surface area contributed by atoms with Crippen molar-refractivity contribution in [1.29, 1.82) is 0 Å². The standard InChI is InChI=1S/C19H27F2N5/c1-4-22-19(23-9-5-11-26-15(3)12-14(2)25-26)24-10-8-16-6-7-17(20)13-18(16)21/h6-7,12-13H,4-5,8-11H2,1-3H3,(H2,22,23,24). The van der Waals surface area contributed by atoms with E-state index in [1.165, 1.54) is 12.1 Å². The summed E-state index contributed by atoms with van der Waals surface area (Å²) >= 11 is 0. The largest absolute Gasteiger partial charge is 0.357 e. The second-order valence-corrected chi connectivity index (χ2v) is 6.18. The molecule has 0 fully saturated rings. The van der Waals surface area contributed by atoms with E-state index in [2.05, 4.69) is 26.8 Å². The Morgan fingerprint density at radius 1 is 1.19 bits per heavy atom. The molecular formula is C19H27F2N5. The molecule has 7 heteroatoms. The van der Waals surface area contributed by atoms with E-state index in [1.54, 1.807) is 0 Å². The number of nitrogens with one attached hydrogen (secondary N) is 2. The van der Waals surface area contributed by atoms with Gasteiger partial charge in [-0.3, -0.25) is 9.67 Å². The minimum atomic E-state index is -0.559. The molecule has 0 amide bonds. The first-order valence-corrected chi connectivity index (χ1v) is 8.96. The van der Waals surface area contributed by atoms with Gasteiger partial charge in [0.05, 0.1) is 5.69 Å². The van der Waals surface area contributed by atoms with Crippen LogP contribution < -0.4 is 10.6 Å². The molecule has 0 radical (unpaired) electrons. The predicted octanol–water partition coefficient (Wildman–Crippen LogP) is 2.97. The van der Waals surface area contributed by atoms with Crippen molar-refractivity contribution in [2.45, 2.75) is 40.2 Å². The van der Waals surface area contributed by atoms with E-state index < -0.39 is 11.6 Å². The van der Waals surface area contributed by atoms with Crippen LogP contribution in [0.4, 0.5) is 8.78 Å². The number of nitrogens with zero attached hydrogens (tertiary/aromatic N) is 3. The van der Waals surface area contributed by atoms with Crippen molar-refractivity contribution >= 4 is 5.96 Å². The van der Waals surface area contributed by atoms with Gasteiger partial charge in [-0.05, 0) is 51.3 Å². The Kier molecular flexibility index (Phi) is 7.56. The van der Waals surface area contributed by atoms with Crippen molar-refractivity contribution in [2.75, 3.05) is 19.6 Å². The van der Waals surface area contributed by atoms with Gasteiger partial charge in [-0.2, -0.15) is 5.10 Å². The minimum absolute atomic E-state index is 0.461. The molecule has 0 saturated carbocycles. The molecule has 1 aromatic heterocycles. The summed E-state index contributed by atoms with van der Waals surface area (Å²) in [5.41, 5.74) is 2.66. The first-order valence-electron chi connectivity index (χ1n) is 8.96. The number of benzene rings is 1. The summed E-state index contributed by atoms with van der Waals surface area (Å²) in [6.45, 7) is 8.77. The Labute approximate surface area is 153 Å². The maximum absolute atomic E-state index is 13.6. The zero-order valence-corrected chi connectivity index (χ0v) is 15.6. The summed E-state index contributed by atoms with van der Waals surface area (Å²) in [6, 6.07) is 5.72. The molecule has 0 saturated heterocycles. The number of aliphatic imine (C=N–C) groups is 1. The van der Waals surface area contributed by atoms with Crippen LogP contribution in [0.3, 0.4) is 0 Å². The van der Waals surface area contributed by atoms with Crippen LogP contribution in [0.5, 0.6) is 0 Å². The number of hydrogen-bond donors (Lipinski definition) is 2.